The van der Waals surface area contributed by atoms with Crippen molar-refractivity contribution in [2.45, 2.75) is 34.6 Å². The highest BCUT2D eigenvalue weighted by Gasteiger charge is 2.35. The average molecular weight is 318 g/mol. The number of thioether (sulfide) groups is 2. The number of rotatable bonds is 3. The van der Waals surface area contributed by atoms with Gasteiger partial charge in [-0.2, -0.15) is 0 Å². The molecule has 88 valence electrons. The maximum absolute atomic E-state index is 6.37. The second-order valence-corrected chi connectivity index (χ2v) is 6.72. The normalized spacial score (nSPS) is 18.2. The van der Waals surface area contributed by atoms with E-state index in [2.05, 4.69) is 40.6 Å². The maximum atomic E-state index is 6.37. The summed E-state index contributed by atoms with van der Waals surface area (Å²) in [7, 11) is 0. The lowest BCUT2D eigenvalue weighted by Gasteiger charge is -2.39. The summed E-state index contributed by atoms with van der Waals surface area (Å²) in [6.07, 6.45) is 7.72. The Kier molecular flexibility index (Phi) is 3.94. The molecule has 2 N–H and O–H groups in total. The van der Waals surface area contributed by atoms with Crippen LogP contribution < -0.4 is 5.73 Å². The number of nitrogens with two attached hydrogens (primary N) is 1. The van der Waals surface area contributed by atoms with Gasteiger partial charge in [-0.3, -0.25) is 0 Å². The summed E-state index contributed by atoms with van der Waals surface area (Å²) in [5, 5.41) is 0. The minimum Gasteiger partial charge on any atom is -0.321 e. The van der Waals surface area contributed by atoms with Gasteiger partial charge in [-0.1, -0.05) is 0 Å². The topological polar surface area (TPSA) is 26.0 Å². The molecule has 0 aromatic heterocycles. The molecule has 4 heteroatoms. The van der Waals surface area contributed by atoms with Crippen LogP contribution in [0.2, 0.25) is 0 Å². The van der Waals surface area contributed by atoms with E-state index >= 15 is 0 Å². The molecule has 1 nitrogen and oxygen atoms in total. The van der Waals surface area contributed by atoms with Crippen LogP contribution in [0.25, 0.3) is 0 Å². The van der Waals surface area contributed by atoms with Crippen molar-refractivity contribution in [3.63, 3.8) is 0 Å². The molecule has 0 aliphatic heterocycles. The predicted molar refractivity (Wildman–Crippen MR) is 77.4 cm³/mol. The van der Waals surface area contributed by atoms with E-state index in [1.165, 1.54) is 26.2 Å². The van der Waals surface area contributed by atoms with E-state index in [9.17, 15) is 0 Å². The van der Waals surface area contributed by atoms with Gasteiger partial charge in [-0.05, 0) is 65.4 Å². The highest BCUT2D eigenvalue weighted by molar-refractivity contribution is 9.10. The van der Waals surface area contributed by atoms with E-state index in [0.717, 1.165) is 12.8 Å². The maximum Gasteiger partial charge on any atom is 0.0410 e. The third kappa shape index (κ3) is 2.17. The minimum atomic E-state index is -0.0655. The van der Waals surface area contributed by atoms with Crippen molar-refractivity contribution in [3.05, 3.63) is 22.2 Å². The molecule has 16 heavy (non-hydrogen) atoms. The molecule has 1 aromatic rings. The smallest absolute Gasteiger partial charge is 0.0410 e. The van der Waals surface area contributed by atoms with Gasteiger partial charge in [0.15, 0.2) is 0 Å². The zero-order chi connectivity index (χ0) is 11.8. The fourth-order valence-electron chi connectivity index (χ4n) is 2.05. The van der Waals surface area contributed by atoms with E-state index in [1.54, 1.807) is 23.5 Å². The molecular formula is C12H16BrNS2. The van der Waals surface area contributed by atoms with E-state index in [0.29, 0.717) is 0 Å². The average Bonchev–Trinajstić information content (AvgIpc) is 2.24. The van der Waals surface area contributed by atoms with Gasteiger partial charge >= 0.3 is 0 Å². The first-order valence-electron chi connectivity index (χ1n) is 5.31. The molecule has 1 fully saturated rings. The van der Waals surface area contributed by atoms with Crippen LogP contribution in [-0.2, 0) is 5.54 Å². The molecule has 1 aromatic carbocycles. The summed E-state index contributed by atoms with van der Waals surface area (Å²) >= 11 is 7.23. The molecule has 0 saturated heterocycles. The van der Waals surface area contributed by atoms with Crippen molar-refractivity contribution < 1.29 is 0 Å². The molecule has 0 atom stereocenters. The van der Waals surface area contributed by atoms with Crippen LogP contribution in [0.15, 0.2) is 26.4 Å². The number of hydrogen-bond acceptors (Lipinski definition) is 3. The quantitative estimate of drug-likeness (QED) is 0.845. The second-order valence-electron chi connectivity index (χ2n) is 4.20. The summed E-state index contributed by atoms with van der Waals surface area (Å²) in [5.41, 5.74) is 7.59. The molecule has 1 saturated carbocycles. The molecule has 1 aliphatic rings. The highest BCUT2D eigenvalue weighted by Crippen LogP contribution is 2.43. The fraction of sp³-hybridized carbons (Fsp3) is 0.500. The zero-order valence-electron chi connectivity index (χ0n) is 9.55. The van der Waals surface area contributed by atoms with Crippen molar-refractivity contribution in [1.29, 1.82) is 0 Å². The Hall–Kier alpha value is 0.360. The van der Waals surface area contributed by atoms with Gasteiger partial charge in [-0.15, -0.1) is 23.5 Å². The first-order valence-corrected chi connectivity index (χ1v) is 8.56. The molecule has 0 heterocycles. The van der Waals surface area contributed by atoms with Crippen molar-refractivity contribution in [2.24, 2.45) is 5.73 Å². The molecule has 0 unspecified atom stereocenters. The summed E-state index contributed by atoms with van der Waals surface area (Å²) in [5.74, 6) is 0. The summed E-state index contributed by atoms with van der Waals surface area (Å²) in [6, 6.07) is 4.46. The lowest BCUT2D eigenvalue weighted by Crippen LogP contribution is -2.43. The molecule has 2 rings (SSSR count). The third-order valence-corrected chi connectivity index (χ3v) is 5.88. The standard InChI is InChI=1S/C12H16BrNS2/c1-15-10-7-8(12(14)4-3-5-12)6-9(13)11(10)16-2/h6-7H,3-5,14H2,1-2H3. The SMILES string of the molecule is CSc1cc(C2(N)CCC2)cc(Br)c1SC. The van der Waals surface area contributed by atoms with Crippen LogP contribution in [0, 0.1) is 0 Å². The largest absolute Gasteiger partial charge is 0.321 e. The summed E-state index contributed by atoms with van der Waals surface area (Å²) in [6.45, 7) is 0. The summed E-state index contributed by atoms with van der Waals surface area (Å²) < 4.78 is 1.18. The molecule has 0 spiro atoms. The first-order chi connectivity index (χ1) is 7.60. The lowest BCUT2D eigenvalue weighted by atomic mass is 9.73. The van der Waals surface area contributed by atoms with E-state index in [4.69, 9.17) is 5.73 Å². The van der Waals surface area contributed by atoms with E-state index in [1.807, 2.05) is 0 Å². The number of hydrogen-bond donors (Lipinski definition) is 1. The van der Waals surface area contributed by atoms with E-state index < -0.39 is 0 Å². The number of benzene rings is 1. The molecule has 0 radical (unpaired) electrons. The predicted octanol–water partition coefficient (Wildman–Crippen LogP) is 4.23. The van der Waals surface area contributed by atoms with Crippen LogP contribution in [0.4, 0.5) is 0 Å². The van der Waals surface area contributed by atoms with E-state index in [-0.39, 0.29) is 5.54 Å². The summed E-state index contributed by atoms with van der Waals surface area (Å²) in [4.78, 5) is 2.65. The fourth-order valence-corrected chi connectivity index (χ4v) is 4.68. The van der Waals surface area contributed by atoms with Crippen LogP contribution in [0.3, 0.4) is 0 Å². The third-order valence-electron chi connectivity index (χ3n) is 3.25. The van der Waals surface area contributed by atoms with Crippen molar-refractivity contribution in [3.8, 4) is 0 Å². The molecule has 1 aliphatic carbocycles. The Morgan fingerprint density at radius 1 is 1.25 bits per heavy atom. The molecular weight excluding hydrogens is 302 g/mol. The van der Waals surface area contributed by atoms with Crippen LogP contribution in [0.5, 0.6) is 0 Å². The Labute approximate surface area is 114 Å². The Balaban J connectivity index is 2.45. The Morgan fingerprint density at radius 3 is 2.38 bits per heavy atom. The van der Waals surface area contributed by atoms with Gasteiger partial charge in [-0.25, -0.2) is 0 Å². The van der Waals surface area contributed by atoms with Crippen LogP contribution in [-0.4, -0.2) is 12.5 Å². The highest BCUT2D eigenvalue weighted by atomic mass is 79.9. The lowest BCUT2D eigenvalue weighted by molar-refractivity contribution is 0.253. The van der Waals surface area contributed by atoms with Gasteiger partial charge in [0.05, 0.1) is 0 Å². The van der Waals surface area contributed by atoms with Gasteiger partial charge in [0.1, 0.15) is 0 Å². The van der Waals surface area contributed by atoms with Crippen LogP contribution >= 0.6 is 39.5 Å². The van der Waals surface area contributed by atoms with Crippen LogP contribution in [0.1, 0.15) is 24.8 Å². The van der Waals surface area contributed by atoms with Gasteiger partial charge in [0.2, 0.25) is 0 Å². The number of halogens is 1. The monoisotopic (exact) mass is 317 g/mol. The molecule has 0 bridgehead atoms. The Morgan fingerprint density at radius 2 is 1.94 bits per heavy atom. The molecule has 0 amide bonds. The van der Waals surface area contributed by atoms with Gasteiger partial charge < -0.3 is 5.73 Å². The second kappa shape index (κ2) is 4.92. The van der Waals surface area contributed by atoms with Crippen molar-refractivity contribution >= 4 is 39.5 Å². The van der Waals surface area contributed by atoms with Crippen molar-refractivity contribution in [2.75, 3.05) is 12.5 Å². The van der Waals surface area contributed by atoms with Gasteiger partial charge in [0.25, 0.3) is 0 Å². The first kappa shape index (κ1) is 12.8. The minimum absolute atomic E-state index is 0.0655. The zero-order valence-corrected chi connectivity index (χ0v) is 12.8. The van der Waals surface area contributed by atoms with Crippen molar-refractivity contribution in [1.82, 2.24) is 0 Å². The Bertz CT molecular complexity index is 402. The van der Waals surface area contributed by atoms with Gasteiger partial charge in [0, 0.05) is 19.8 Å².